The van der Waals surface area contributed by atoms with Crippen molar-refractivity contribution in [1.29, 1.82) is 0 Å². The van der Waals surface area contributed by atoms with Crippen LogP contribution in [-0.2, 0) is 31.9 Å². The fraction of sp³-hybridized carbons (Fsp3) is 0.276. The van der Waals surface area contributed by atoms with Crippen molar-refractivity contribution in [2.45, 2.75) is 43.0 Å². The number of halogens is 2. The van der Waals surface area contributed by atoms with E-state index in [-0.39, 0.29) is 30.7 Å². The second-order valence-corrected chi connectivity index (χ2v) is 19.1. The molecule has 0 radical (unpaired) electrons. The quantitative estimate of drug-likeness (QED) is 0.412. The molecule has 6 heteroatoms. The molecule has 3 aromatic carbocycles. The SMILES string of the molecule is COC1=C(O[Si](C)(C)C)C(c2cccc3c2[CH]([Zr+2]=[C](C)C)c2ccccc2-3)c2ccccc21.[Cl-].[Cl-]. The van der Waals surface area contributed by atoms with Crippen molar-refractivity contribution in [3.8, 4) is 11.1 Å². The number of hydrogen-bond donors (Lipinski definition) is 0. The molecule has 0 aliphatic heterocycles. The Morgan fingerprint density at radius 1 is 0.743 bits per heavy atom. The summed E-state index contributed by atoms with van der Waals surface area (Å²) in [6.07, 6.45) is 0. The molecule has 2 nitrogen and oxygen atoms in total. The number of rotatable bonds is 5. The van der Waals surface area contributed by atoms with Crippen LogP contribution in [0.3, 0.4) is 0 Å². The van der Waals surface area contributed by atoms with E-state index in [4.69, 9.17) is 9.16 Å². The van der Waals surface area contributed by atoms with E-state index in [1.54, 1.807) is 10.3 Å². The maximum atomic E-state index is 6.81. The van der Waals surface area contributed by atoms with Crippen LogP contribution in [0.5, 0.6) is 0 Å². The van der Waals surface area contributed by atoms with Gasteiger partial charge in [0.05, 0.1) is 0 Å². The standard InChI is InChI=1S/C26H25O2Si.C3H6.2ClH.Zr/c1-27-25-22-13-8-7-12-20(22)24(26(25)28-29(2,3)4)21-15-9-14-19-18-11-6-5-10-17(18)16-23(19)21;1-3-2;;;/h5-16,24H,1-4H3;1-2H3;2*1H;/q;;;;+2/p-2. The van der Waals surface area contributed by atoms with E-state index in [0.717, 1.165) is 11.5 Å². The molecule has 3 aromatic rings. The first-order valence-electron chi connectivity index (χ1n) is 11.7. The van der Waals surface area contributed by atoms with Gasteiger partial charge in [-0.3, -0.25) is 0 Å². The number of allylic oxidation sites excluding steroid dienone is 1. The molecule has 0 aromatic heterocycles. The molecule has 5 rings (SSSR count). The molecule has 2 unspecified atom stereocenters. The van der Waals surface area contributed by atoms with Crippen molar-refractivity contribution >= 4 is 17.3 Å². The minimum Gasteiger partial charge on any atom is -1.00 e. The van der Waals surface area contributed by atoms with Gasteiger partial charge in [-0.1, -0.05) is 0 Å². The van der Waals surface area contributed by atoms with Crippen molar-refractivity contribution in [2.24, 2.45) is 0 Å². The Morgan fingerprint density at radius 3 is 1.94 bits per heavy atom. The molecule has 181 valence electrons. The fourth-order valence-electron chi connectivity index (χ4n) is 5.29. The Kier molecular flexibility index (Phi) is 8.75. The van der Waals surface area contributed by atoms with E-state index >= 15 is 0 Å². The Balaban J connectivity index is 0.00000171. The van der Waals surface area contributed by atoms with Gasteiger partial charge in [0.25, 0.3) is 0 Å². The Labute approximate surface area is 234 Å². The third kappa shape index (κ3) is 5.05. The number of benzene rings is 3. The number of fused-ring (bicyclic) bond motifs is 4. The predicted octanol–water partition coefficient (Wildman–Crippen LogP) is 1.37. The van der Waals surface area contributed by atoms with Crippen LogP contribution in [0.1, 0.15) is 51.2 Å². The van der Waals surface area contributed by atoms with Gasteiger partial charge in [-0.2, -0.15) is 0 Å². The molecule has 35 heavy (non-hydrogen) atoms. The van der Waals surface area contributed by atoms with E-state index in [2.05, 4.69) is 100 Å². The van der Waals surface area contributed by atoms with Crippen molar-refractivity contribution < 1.29 is 56.7 Å². The summed E-state index contributed by atoms with van der Waals surface area (Å²) >= 11 is -0.788. The van der Waals surface area contributed by atoms with Crippen LogP contribution in [0.25, 0.3) is 16.9 Å². The predicted molar refractivity (Wildman–Crippen MR) is 137 cm³/mol. The average Bonchev–Trinajstić information content (AvgIpc) is 3.25. The van der Waals surface area contributed by atoms with E-state index < -0.39 is 31.1 Å². The molecular weight excluding hydrogens is 571 g/mol. The Bertz CT molecular complexity index is 1310. The summed E-state index contributed by atoms with van der Waals surface area (Å²) in [4.78, 5) is 0. The van der Waals surface area contributed by atoms with Gasteiger partial charge in [-0.15, -0.1) is 0 Å². The Hall–Kier alpha value is -1.45. The first kappa shape index (κ1) is 28.1. The van der Waals surface area contributed by atoms with Crippen LogP contribution < -0.4 is 24.8 Å². The van der Waals surface area contributed by atoms with Crippen LogP contribution in [0.2, 0.25) is 19.6 Å². The zero-order chi connectivity index (χ0) is 23.3. The van der Waals surface area contributed by atoms with E-state index in [1.807, 2.05) is 0 Å². The largest absolute Gasteiger partial charge is 1.00 e. The van der Waals surface area contributed by atoms with Gasteiger partial charge in [0, 0.05) is 0 Å². The van der Waals surface area contributed by atoms with Crippen molar-refractivity contribution in [3.05, 3.63) is 100 Å². The summed E-state index contributed by atoms with van der Waals surface area (Å²) in [6, 6.07) is 24.6. The second-order valence-electron chi connectivity index (χ2n) is 10.1. The average molecular weight is 602 g/mol. The van der Waals surface area contributed by atoms with Gasteiger partial charge in [0.2, 0.25) is 0 Å². The van der Waals surface area contributed by atoms with Crippen LogP contribution in [-0.4, -0.2) is 18.6 Å². The Morgan fingerprint density at radius 2 is 1.31 bits per heavy atom. The summed E-state index contributed by atoms with van der Waals surface area (Å²) in [5, 5.41) is 0. The minimum absolute atomic E-state index is 0. The monoisotopic (exact) mass is 599 g/mol. The van der Waals surface area contributed by atoms with Crippen LogP contribution in [0.4, 0.5) is 0 Å². The molecular formula is C29H31Cl2O2SiZr. The third-order valence-corrected chi connectivity index (χ3v) is 10.8. The summed E-state index contributed by atoms with van der Waals surface area (Å²) < 4.78 is 15.0. The first-order valence-corrected chi connectivity index (χ1v) is 17.7. The van der Waals surface area contributed by atoms with Gasteiger partial charge in [0.1, 0.15) is 0 Å². The normalized spacial score (nSPS) is 17.3. The topological polar surface area (TPSA) is 18.5 Å². The van der Waals surface area contributed by atoms with Crippen LogP contribution in [0, 0.1) is 0 Å². The molecule has 0 fully saturated rings. The molecule has 2 aliphatic rings. The third-order valence-electron chi connectivity index (χ3n) is 6.36. The van der Waals surface area contributed by atoms with E-state index in [9.17, 15) is 0 Å². The van der Waals surface area contributed by atoms with Gasteiger partial charge < -0.3 is 24.8 Å². The van der Waals surface area contributed by atoms with Crippen molar-refractivity contribution in [3.63, 3.8) is 0 Å². The van der Waals surface area contributed by atoms with Gasteiger partial charge >= 0.3 is 211 Å². The molecule has 0 amide bonds. The smallest absolute Gasteiger partial charge is 1.00 e. The molecule has 2 aliphatic carbocycles. The number of hydrogen-bond acceptors (Lipinski definition) is 2. The van der Waals surface area contributed by atoms with Crippen molar-refractivity contribution in [2.75, 3.05) is 7.11 Å². The second kappa shape index (κ2) is 10.9. The summed E-state index contributed by atoms with van der Waals surface area (Å²) in [5.74, 6) is 1.98. The first-order chi connectivity index (χ1) is 15.8. The molecule has 0 saturated heterocycles. The minimum atomic E-state index is -1.86. The molecule has 0 N–H and O–H groups in total. The van der Waals surface area contributed by atoms with E-state index in [1.165, 1.54) is 38.9 Å². The zero-order valence-corrected chi connectivity index (χ0v) is 26.0. The molecule has 0 spiro atoms. The molecule has 0 heterocycles. The molecule has 0 saturated carbocycles. The zero-order valence-electron chi connectivity index (χ0n) is 21.1. The van der Waals surface area contributed by atoms with Gasteiger partial charge in [0.15, 0.2) is 0 Å². The molecule has 0 bridgehead atoms. The summed E-state index contributed by atoms with van der Waals surface area (Å²) in [5.41, 5.74) is 9.73. The van der Waals surface area contributed by atoms with E-state index in [0.29, 0.717) is 3.63 Å². The maximum absolute atomic E-state index is 6.81. The summed E-state index contributed by atoms with van der Waals surface area (Å²) in [6.45, 7) is 11.4. The van der Waals surface area contributed by atoms with Crippen LogP contribution >= 0.6 is 0 Å². The van der Waals surface area contributed by atoms with Gasteiger partial charge in [-0.05, 0) is 0 Å². The van der Waals surface area contributed by atoms with Crippen LogP contribution in [0.15, 0.2) is 72.5 Å². The number of methoxy groups -OCH3 is 1. The van der Waals surface area contributed by atoms with Gasteiger partial charge in [-0.25, -0.2) is 0 Å². The number of ether oxygens (including phenoxy) is 1. The molecule has 2 atom stereocenters. The van der Waals surface area contributed by atoms with Crippen molar-refractivity contribution in [1.82, 2.24) is 0 Å². The summed E-state index contributed by atoms with van der Waals surface area (Å²) in [7, 11) is -0.0800. The maximum Gasteiger partial charge on any atom is -1.00 e. The fourth-order valence-corrected chi connectivity index (χ4v) is 9.73.